The van der Waals surface area contributed by atoms with Crippen molar-refractivity contribution < 1.29 is 8.78 Å². The zero-order valence-electron chi connectivity index (χ0n) is 7.56. The monoisotopic (exact) mass is 193 g/mol. The zero-order chi connectivity index (χ0) is 10.2. The van der Waals surface area contributed by atoms with E-state index in [2.05, 4.69) is 6.07 Å². The van der Waals surface area contributed by atoms with Gasteiger partial charge in [-0.1, -0.05) is 12.1 Å². The average Bonchev–Trinajstić information content (AvgIpc) is 2.94. The van der Waals surface area contributed by atoms with Crippen LogP contribution in [-0.4, -0.2) is 0 Å². The van der Waals surface area contributed by atoms with Crippen LogP contribution in [0.25, 0.3) is 0 Å². The summed E-state index contributed by atoms with van der Waals surface area (Å²) >= 11 is 0. The third-order valence-corrected chi connectivity index (χ3v) is 2.65. The highest BCUT2D eigenvalue weighted by molar-refractivity contribution is 5.25. The maximum absolute atomic E-state index is 13.2. The van der Waals surface area contributed by atoms with Crippen LogP contribution in [0, 0.1) is 28.4 Å². The van der Waals surface area contributed by atoms with Crippen LogP contribution in [0.15, 0.2) is 18.2 Å². The van der Waals surface area contributed by atoms with Crippen LogP contribution in [0.5, 0.6) is 0 Å². The Bertz CT molecular complexity index is 402. The number of hydrogen-bond donors (Lipinski definition) is 0. The molecule has 1 aliphatic rings. The SMILES string of the molecule is N#CC1(Cc2cccc(F)c2F)CC1. The van der Waals surface area contributed by atoms with Gasteiger partial charge >= 0.3 is 0 Å². The third kappa shape index (κ3) is 1.48. The Morgan fingerprint density at radius 2 is 2.07 bits per heavy atom. The van der Waals surface area contributed by atoms with Gasteiger partial charge in [-0.3, -0.25) is 0 Å². The van der Waals surface area contributed by atoms with Gasteiger partial charge in [-0.15, -0.1) is 0 Å². The van der Waals surface area contributed by atoms with Crippen molar-refractivity contribution in [2.24, 2.45) is 5.41 Å². The van der Waals surface area contributed by atoms with Crippen molar-refractivity contribution in [3.05, 3.63) is 35.4 Å². The minimum Gasteiger partial charge on any atom is -0.204 e. The molecule has 1 aromatic carbocycles. The molecule has 0 saturated heterocycles. The van der Waals surface area contributed by atoms with Gasteiger partial charge in [-0.25, -0.2) is 8.78 Å². The largest absolute Gasteiger partial charge is 0.204 e. The van der Waals surface area contributed by atoms with E-state index in [4.69, 9.17) is 5.26 Å². The van der Waals surface area contributed by atoms with Crippen molar-refractivity contribution in [2.45, 2.75) is 19.3 Å². The van der Waals surface area contributed by atoms with E-state index >= 15 is 0 Å². The van der Waals surface area contributed by atoms with Crippen molar-refractivity contribution >= 4 is 0 Å². The van der Waals surface area contributed by atoms with Gasteiger partial charge in [-0.2, -0.15) is 5.26 Å². The van der Waals surface area contributed by atoms with E-state index in [9.17, 15) is 8.78 Å². The van der Waals surface area contributed by atoms with Crippen molar-refractivity contribution in [2.75, 3.05) is 0 Å². The maximum atomic E-state index is 13.2. The Balaban J connectivity index is 2.26. The van der Waals surface area contributed by atoms with E-state index < -0.39 is 17.0 Å². The molecule has 14 heavy (non-hydrogen) atoms. The van der Waals surface area contributed by atoms with E-state index in [1.54, 1.807) is 0 Å². The van der Waals surface area contributed by atoms with E-state index in [0.29, 0.717) is 12.0 Å². The number of halogens is 2. The highest BCUT2D eigenvalue weighted by Gasteiger charge is 2.43. The molecule has 0 N–H and O–H groups in total. The molecule has 0 bridgehead atoms. The highest BCUT2D eigenvalue weighted by atomic mass is 19.2. The lowest BCUT2D eigenvalue weighted by molar-refractivity contribution is 0.490. The van der Waals surface area contributed by atoms with Gasteiger partial charge in [0.2, 0.25) is 0 Å². The number of nitrogens with zero attached hydrogens (tertiary/aromatic N) is 1. The fourth-order valence-electron chi connectivity index (χ4n) is 1.53. The summed E-state index contributed by atoms with van der Waals surface area (Å²) in [5.41, 5.74) is -0.113. The lowest BCUT2D eigenvalue weighted by Crippen LogP contribution is -2.04. The van der Waals surface area contributed by atoms with Crippen LogP contribution in [0.2, 0.25) is 0 Å². The summed E-state index contributed by atoms with van der Waals surface area (Å²) in [5.74, 6) is -1.65. The first-order valence-corrected chi connectivity index (χ1v) is 4.51. The summed E-state index contributed by atoms with van der Waals surface area (Å²) < 4.78 is 26.0. The van der Waals surface area contributed by atoms with Gasteiger partial charge < -0.3 is 0 Å². The van der Waals surface area contributed by atoms with Crippen LogP contribution < -0.4 is 0 Å². The first-order chi connectivity index (χ1) is 6.67. The van der Waals surface area contributed by atoms with Gasteiger partial charge in [0.15, 0.2) is 11.6 Å². The molecule has 1 fully saturated rings. The van der Waals surface area contributed by atoms with Crippen LogP contribution in [0.4, 0.5) is 8.78 Å². The van der Waals surface area contributed by atoms with Gasteiger partial charge in [0.1, 0.15) is 0 Å². The molecular formula is C11H9F2N. The van der Waals surface area contributed by atoms with Crippen LogP contribution in [0.3, 0.4) is 0 Å². The minimum absolute atomic E-state index is 0.309. The Kier molecular flexibility index (Phi) is 1.99. The Morgan fingerprint density at radius 3 is 2.64 bits per heavy atom. The molecule has 3 heteroatoms. The zero-order valence-corrected chi connectivity index (χ0v) is 7.56. The van der Waals surface area contributed by atoms with Gasteiger partial charge in [0.25, 0.3) is 0 Å². The normalized spacial score (nSPS) is 17.5. The standard InChI is InChI=1S/C11H9F2N/c12-9-3-1-2-8(10(9)13)6-11(7-14)4-5-11/h1-3H,4-6H2. The quantitative estimate of drug-likeness (QED) is 0.708. The molecule has 0 heterocycles. The average molecular weight is 193 g/mol. The smallest absolute Gasteiger partial charge is 0.162 e. The highest BCUT2D eigenvalue weighted by Crippen LogP contribution is 2.47. The third-order valence-electron chi connectivity index (χ3n) is 2.65. The molecule has 0 amide bonds. The molecular weight excluding hydrogens is 184 g/mol. The predicted molar refractivity (Wildman–Crippen MR) is 47.3 cm³/mol. The molecule has 1 saturated carbocycles. The molecule has 2 rings (SSSR count). The lowest BCUT2D eigenvalue weighted by atomic mass is 9.98. The summed E-state index contributed by atoms with van der Waals surface area (Å²) in [6.45, 7) is 0. The van der Waals surface area contributed by atoms with E-state index in [-0.39, 0.29) is 0 Å². The first kappa shape index (κ1) is 9.14. The topological polar surface area (TPSA) is 23.8 Å². The lowest BCUT2D eigenvalue weighted by Gasteiger charge is -2.06. The summed E-state index contributed by atoms with van der Waals surface area (Å²) in [4.78, 5) is 0. The van der Waals surface area contributed by atoms with Crippen LogP contribution >= 0.6 is 0 Å². The summed E-state index contributed by atoms with van der Waals surface area (Å²) in [5, 5.41) is 8.81. The second kappa shape index (κ2) is 3.06. The number of nitriles is 1. The molecule has 1 aromatic rings. The first-order valence-electron chi connectivity index (χ1n) is 4.51. The number of hydrogen-bond acceptors (Lipinski definition) is 1. The maximum Gasteiger partial charge on any atom is 0.162 e. The Labute approximate surface area is 81.0 Å². The van der Waals surface area contributed by atoms with Gasteiger partial charge in [0.05, 0.1) is 11.5 Å². The van der Waals surface area contributed by atoms with E-state index in [1.807, 2.05) is 0 Å². The fraction of sp³-hybridized carbons (Fsp3) is 0.364. The molecule has 1 nitrogen and oxygen atoms in total. The number of benzene rings is 1. The predicted octanol–water partition coefficient (Wildman–Crippen LogP) is 2.81. The summed E-state index contributed by atoms with van der Waals surface area (Å²) in [6.07, 6.45) is 1.91. The summed E-state index contributed by atoms with van der Waals surface area (Å²) in [7, 11) is 0. The minimum atomic E-state index is -0.837. The van der Waals surface area contributed by atoms with Crippen molar-refractivity contribution in [3.63, 3.8) is 0 Å². The van der Waals surface area contributed by atoms with Crippen LogP contribution in [0.1, 0.15) is 18.4 Å². The molecule has 0 aliphatic heterocycles. The van der Waals surface area contributed by atoms with E-state index in [0.717, 1.165) is 18.9 Å². The Hall–Kier alpha value is -1.43. The molecule has 0 aromatic heterocycles. The molecule has 0 radical (unpaired) electrons. The van der Waals surface area contributed by atoms with Gasteiger partial charge in [0, 0.05) is 0 Å². The van der Waals surface area contributed by atoms with Crippen molar-refractivity contribution in [3.8, 4) is 6.07 Å². The second-order valence-electron chi connectivity index (χ2n) is 3.78. The van der Waals surface area contributed by atoms with Gasteiger partial charge in [-0.05, 0) is 30.9 Å². The van der Waals surface area contributed by atoms with E-state index in [1.165, 1.54) is 12.1 Å². The Morgan fingerprint density at radius 1 is 1.36 bits per heavy atom. The van der Waals surface area contributed by atoms with Crippen molar-refractivity contribution in [1.82, 2.24) is 0 Å². The van der Waals surface area contributed by atoms with Crippen LogP contribution in [-0.2, 0) is 6.42 Å². The summed E-state index contributed by atoms with van der Waals surface area (Å²) in [6, 6.07) is 6.26. The second-order valence-corrected chi connectivity index (χ2v) is 3.78. The fourth-order valence-corrected chi connectivity index (χ4v) is 1.53. The number of rotatable bonds is 2. The molecule has 0 atom stereocenters. The molecule has 0 spiro atoms. The van der Waals surface area contributed by atoms with Crippen molar-refractivity contribution in [1.29, 1.82) is 5.26 Å². The molecule has 1 aliphatic carbocycles. The molecule has 0 unspecified atom stereocenters. The molecule has 72 valence electrons.